The minimum Gasteiger partial charge on any atom is -0.352 e. The van der Waals surface area contributed by atoms with Crippen LogP contribution in [0.2, 0.25) is 0 Å². The average Bonchev–Trinajstić information content (AvgIpc) is 2.68. The summed E-state index contributed by atoms with van der Waals surface area (Å²) in [4.78, 5) is 11.9. The van der Waals surface area contributed by atoms with Crippen molar-refractivity contribution in [3.63, 3.8) is 0 Å². The van der Waals surface area contributed by atoms with E-state index < -0.39 is 0 Å². The summed E-state index contributed by atoms with van der Waals surface area (Å²) in [6.45, 7) is 1.21. The molecule has 0 aromatic carbocycles. The molecule has 0 atom stereocenters. The minimum absolute atomic E-state index is 0.127. The first kappa shape index (κ1) is 15.0. The lowest BCUT2D eigenvalue weighted by molar-refractivity contribution is -0.121. The summed E-state index contributed by atoms with van der Waals surface area (Å²) in [7, 11) is 1.94. The molecule has 1 saturated carbocycles. The molecule has 1 amide bonds. The van der Waals surface area contributed by atoms with E-state index in [1.165, 1.54) is 31.4 Å². The Balaban J connectivity index is 1.59. The topological polar surface area (TPSA) is 59.0 Å². The van der Waals surface area contributed by atoms with Crippen LogP contribution in [0.1, 0.15) is 44.2 Å². The molecule has 5 nitrogen and oxygen atoms in total. The Morgan fingerprint density at radius 2 is 2.10 bits per heavy atom. The monoisotopic (exact) mass is 278 g/mol. The van der Waals surface area contributed by atoms with Crippen LogP contribution in [0.5, 0.6) is 0 Å². The first-order valence-corrected chi connectivity index (χ1v) is 7.72. The fraction of sp³-hybridized carbons (Fsp3) is 0.733. The Hall–Kier alpha value is -1.36. The Morgan fingerprint density at radius 3 is 2.75 bits per heavy atom. The maximum Gasteiger partial charge on any atom is 0.234 e. The van der Waals surface area contributed by atoms with Crippen molar-refractivity contribution in [2.75, 3.05) is 13.1 Å². The van der Waals surface area contributed by atoms with Crippen molar-refractivity contribution in [2.24, 2.45) is 7.05 Å². The highest BCUT2D eigenvalue weighted by Crippen LogP contribution is 2.16. The summed E-state index contributed by atoms with van der Waals surface area (Å²) in [6.07, 6.45) is 10.1. The summed E-state index contributed by atoms with van der Waals surface area (Å²) < 4.78 is 1.87. The predicted octanol–water partition coefficient (Wildman–Crippen LogP) is 1.39. The zero-order valence-electron chi connectivity index (χ0n) is 12.4. The van der Waals surface area contributed by atoms with Gasteiger partial charge in [0.1, 0.15) is 0 Å². The second-order valence-corrected chi connectivity index (χ2v) is 5.63. The van der Waals surface area contributed by atoms with Crippen molar-refractivity contribution in [3.8, 4) is 0 Å². The van der Waals surface area contributed by atoms with Crippen LogP contribution in [0.4, 0.5) is 0 Å². The van der Waals surface area contributed by atoms with Crippen LogP contribution >= 0.6 is 0 Å². The van der Waals surface area contributed by atoms with Crippen LogP contribution < -0.4 is 10.6 Å². The minimum atomic E-state index is 0.127. The number of hydrogen-bond donors (Lipinski definition) is 2. The van der Waals surface area contributed by atoms with Crippen LogP contribution in [-0.4, -0.2) is 34.8 Å². The zero-order chi connectivity index (χ0) is 14.2. The molecule has 2 N–H and O–H groups in total. The van der Waals surface area contributed by atoms with Gasteiger partial charge in [0.2, 0.25) is 5.91 Å². The highest BCUT2D eigenvalue weighted by Gasteiger charge is 2.14. The third kappa shape index (κ3) is 4.96. The van der Waals surface area contributed by atoms with Gasteiger partial charge in [-0.05, 0) is 18.9 Å². The Kier molecular flexibility index (Phi) is 6.05. The highest BCUT2D eigenvalue weighted by molar-refractivity contribution is 5.78. The van der Waals surface area contributed by atoms with Gasteiger partial charge >= 0.3 is 0 Å². The summed E-state index contributed by atoms with van der Waals surface area (Å²) in [5, 5.41) is 10.5. The van der Waals surface area contributed by atoms with Gasteiger partial charge in [-0.3, -0.25) is 9.48 Å². The van der Waals surface area contributed by atoms with Crippen molar-refractivity contribution in [2.45, 2.75) is 51.0 Å². The number of nitrogens with one attached hydrogen (secondary N) is 2. The summed E-state index contributed by atoms with van der Waals surface area (Å²) >= 11 is 0. The molecular weight excluding hydrogens is 252 g/mol. The molecule has 1 aliphatic carbocycles. The number of hydrogen-bond acceptors (Lipinski definition) is 3. The molecule has 112 valence electrons. The number of aromatic nitrogens is 2. The van der Waals surface area contributed by atoms with Crippen molar-refractivity contribution in [1.82, 2.24) is 20.4 Å². The molecule has 1 aromatic heterocycles. The smallest absolute Gasteiger partial charge is 0.234 e. The van der Waals surface area contributed by atoms with Crippen molar-refractivity contribution >= 4 is 5.91 Å². The van der Waals surface area contributed by atoms with Crippen LogP contribution in [0, 0.1) is 0 Å². The fourth-order valence-electron chi connectivity index (χ4n) is 2.77. The average molecular weight is 278 g/mol. The molecule has 2 rings (SSSR count). The second-order valence-electron chi connectivity index (χ2n) is 5.63. The number of aryl methyl sites for hydroxylation is 1. The zero-order valence-corrected chi connectivity index (χ0v) is 12.4. The van der Waals surface area contributed by atoms with E-state index in [-0.39, 0.29) is 5.91 Å². The SMILES string of the molecule is Cn1nccc1CCNCC(=O)NC1CCCCCC1. The third-order valence-electron chi connectivity index (χ3n) is 3.99. The third-order valence-corrected chi connectivity index (χ3v) is 3.99. The normalized spacial score (nSPS) is 16.9. The van der Waals surface area contributed by atoms with E-state index in [0.29, 0.717) is 12.6 Å². The molecular formula is C15H26N4O. The van der Waals surface area contributed by atoms with E-state index in [1.807, 2.05) is 17.8 Å². The molecule has 0 unspecified atom stereocenters. The van der Waals surface area contributed by atoms with Crippen LogP contribution in [0.3, 0.4) is 0 Å². The van der Waals surface area contributed by atoms with E-state index in [1.54, 1.807) is 6.20 Å². The first-order valence-electron chi connectivity index (χ1n) is 7.72. The summed E-state index contributed by atoms with van der Waals surface area (Å²) in [5.41, 5.74) is 1.18. The van der Waals surface area contributed by atoms with Gasteiger partial charge in [-0.25, -0.2) is 0 Å². The molecule has 0 bridgehead atoms. The lowest BCUT2D eigenvalue weighted by Crippen LogP contribution is -2.40. The molecule has 5 heteroatoms. The van der Waals surface area contributed by atoms with Gasteiger partial charge in [0.25, 0.3) is 0 Å². The number of nitrogens with zero attached hydrogens (tertiary/aromatic N) is 2. The van der Waals surface area contributed by atoms with Gasteiger partial charge in [0, 0.05) is 37.9 Å². The number of carbonyl (C=O) groups is 1. The lowest BCUT2D eigenvalue weighted by atomic mass is 10.1. The fourth-order valence-corrected chi connectivity index (χ4v) is 2.77. The van der Waals surface area contributed by atoms with Gasteiger partial charge in [-0.2, -0.15) is 5.10 Å². The Labute approximate surface area is 121 Å². The first-order chi connectivity index (χ1) is 9.75. The van der Waals surface area contributed by atoms with Crippen LogP contribution in [0.15, 0.2) is 12.3 Å². The molecule has 1 aromatic rings. The molecule has 0 saturated heterocycles. The Bertz CT molecular complexity index is 408. The maximum atomic E-state index is 11.9. The molecule has 0 spiro atoms. The number of carbonyl (C=O) groups excluding carboxylic acids is 1. The Morgan fingerprint density at radius 1 is 1.35 bits per heavy atom. The van der Waals surface area contributed by atoms with Crippen molar-refractivity contribution < 1.29 is 4.79 Å². The summed E-state index contributed by atoms with van der Waals surface area (Å²) in [5.74, 6) is 0.127. The van der Waals surface area contributed by atoms with E-state index in [4.69, 9.17) is 0 Å². The second kappa shape index (κ2) is 8.04. The number of rotatable bonds is 6. The molecule has 1 heterocycles. The predicted molar refractivity (Wildman–Crippen MR) is 79.4 cm³/mol. The molecule has 20 heavy (non-hydrogen) atoms. The summed E-state index contributed by atoms with van der Waals surface area (Å²) in [6, 6.07) is 2.40. The quantitative estimate of drug-likeness (QED) is 0.611. The van der Waals surface area contributed by atoms with Gasteiger partial charge in [0.15, 0.2) is 0 Å². The van der Waals surface area contributed by atoms with Gasteiger partial charge < -0.3 is 10.6 Å². The van der Waals surface area contributed by atoms with Gasteiger partial charge in [-0.1, -0.05) is 25.7 Å². The molecule has 0 radical (unpaired) electrons. The van der Waals surface area contributed by atoms with E-state index >= 15 is 0 Å². The molecule has 1 fully saturated rings. The van der Waals surface area contributed by atoms with E-state index in [9.17, 15) is 4.79 Å². The lowest BCUT2D eigenvalue weighted by Gasteiger charge is -2.16. The molecule has 0 aliphatic heterocycles. The molecule has 1 aliphatic rings. The largest absolute Gasteiger partial charge is 0.352 e. The van der Waals surface area contributed by atoms with Crippen LogP contribution in [-0.2, 0) is 18.3 Å². The van der Waals surface area contributed by atoms with E-state index in [2.05, 4.69) is 15.7 Å². The number of amides is 1. The van der Waals surface area contributed by atoms with Gasteiger partial charge in [-0.15, -0.1) is 0 Å². The van der Waals surface area contributed by atoms with E-state index in [0.717, 1.165) is 25.8 Å². The van der Waals surface area contributed by atoms with Crippen molar-refractivity contribution in [3.05, 3.63) is 18.0 Å². The van der Waals surface area contributed by atoms with Crippen molar-refractivity contribution in [1.29, 1.82) is 0 Å². The van der Waals surface area contributed by atoms with Crippen LogP contribution in [0.25, 0.3) is 0 Å². The maximum absolute atomic E-state index is 11.9. The van der Waals surface area contributed by atoms with Gasteiger partial charge in [0.05, 0.1) is 6.54 Å². The standard InChI is InChI=1S/C15H26N4O/c1-19-14(9-11-17-19)8-10-16-12-15(20)18-13-6-4-2-3-5-7-13/h9,11,13,16H,2-8,10,12H2,1H3,(H,18,20). The highest BCUT2D eigenvalue weighted by atomic mass is 16.1.